The molecule has 1 N–H and O–H groups in total. The number of anilines is 1. The Kier molecular flexibility index (Phi) is 6.02. The van der Waals surface area contributed by atoms with Gasteiger partial charge in [0.25, 0.3) is 11.7 Å². The molecule has 1 amide bonds. The predicted octanol–water partition coefficient (Wildman–Crippen LogP) is 5.72. The van der Waals surface area contributed by atoms with E-state index in [1.165, 1.54) is 24.4 Å². The van der Waals surface area contributed by atoms with E-state index in [1.807, 2.05) is 0 Å². The molecule has 0 unspecified atom stereocenters. The molecule has 1 aromatic heterocycles. The van der Waals surface area contributed by atoms with Crippen molar-refractivity contribution in [3.8, 4) is 0 Å². The highest BCUT2D eigenvalue weighted by Gasteiger charge is 2.18. The molecule has 1 heterocycles. The van der Waals surface area contributed by atoms with Gasteiger partial charge < -0.3 is 5.32 Å². The number of carbonyl (C=O) groups is 1. The van der Waals surface area contributed by atoms with Crippen molar-refractivity contribution >= 4 is 62.5 Å². The van der Waals surface area contributed by atoms with Crippen LogP contribution in [0.1, 0.15) is 10.4 Å². The Morgan fingerprint density at radius 2 is 2.09 bits per heavy atom. The number of hydrogen-bond acceptors (Lipinski definition) is 3. The SMILES string of the molecule is O=C(Nc1cccc(Cl)c1SC(F)F)c1cc(Br)cnc1Cl. The Hall–Kier alpha value is -0.890. The highest BCUT2D eigenvalue weighted by molar-refractivity contribution is 9.10. The zero-order chi connectivity index (χ0) is 16.3. The molecule has 116 valence electrons. The Balaban J connectivity index is 2.32. The number of rotatable bonds is 4. The summed E-state index contributed by atoms with van der Waals surface area (Å²) in [6, 6.07) is 5.98. The van der Waals surface area contributed by atoms with Crippen LogP contribution in [-0.4, -0.2) is 16.6 Å². The molecule has 1 aromatic carbocycles. The average molecular weight is 428 g/mol. The van der Waals surface area contributed by atoms with Gasteiger partial charge in [-0.15, -0.1) is 0 Å². The number of pyridine rings is 1. The van der Waals surface area contributed by atoms with Crippen LogP contribution in [0.15, 0.2) is 39.8 Å². The molecule has 9 heteroatoms. The van der Waals surface area contributed by atoms with Gasteiger partial charge in [0.05, 0.1) is 21.2 Å². The van der Waals surface area contributed by atoms with Crippen LogP contribution in [0.2, 0.25) is 10.2 Å². The topological polar surface area (TPSA) is 42.0 Å². The number of amides is 1. The molecule has 2 aromatic rings. The normalized spacial score (nSPS) is 10.8. The number of hydrogen-bond donors (Lipinski definition) is 1. The maximum atomic E-state index is 12.6. The van der Waals surface area contributed by atoms with E-state index in [2.05, 4.69) is 26.2 Å². The van der Waals surface area contributed by atoms with Crippen LogP contribution in [0.25, 0.3) is 0 Å². The zero-order valence-corrected chi connectivity index (χ0v) is 14.5. The molecule has 0 aliphatic carbocycles. The van der Waals surface area contributed by atoms with Crippen LogP contribution in [0.4, 0.5) is 14.5 Å². The van der Waals surface area contributed by atoms with Gasteiger partial charge in [-0.05, 0) is 34.1 Å². The van der Waals surface area contributed by atoms with Gasteiger partial charge in [0, 0.05) is 10.7 Å². The second kappa shape index (κ2) is 7.59. The molecular formula is C13H7BrCl2F2N2OS. The van der Waals surface area contributed by atoms with E-state index in [-0.39, 0.29) is 38.1 Å². The van der Waals surface area contributed by atoms with E-state index >= 15 is 0 Å². The second-order valence-electron chi connectivity index (χ2n) is 3.94. The minimum atomic E-state index is -2.66. The lowest BCUT2D eigenvalue weighted by atomic mass is 10.2. The fourth-order valence-corrected chi connectivity index (χ4v) is 3.02. The molecule has 0 bridgehead atoms. The Labute approximate surface area is 147 Å². The standard InChI is InChI=1S/C13H7BrCl2F2N2OS/c14-6-4-7(11(16)19-5-6)12(21)20-9-3-1-2-8(15)10(9)22-13(17)18/h1-5,13H,(H,20,21). The number of benzene rings is 1. The summed E-state index contributed by atoms with van der Waals surface area (Å²) in [5, 5.41) is 2.65. The summed E-state index contributed by atoms with van der Waals surface area (Å²) in [6.45, 7) is 0. The molecule has 3 nitrogen and oxygen atoms in total. The number of alkyl halides is 2. The van der Waals surface area contributed by atoms with Crippen LogP contribution >= 0.6 is 50.9 Å². The lowest BCUT2D eigenvalue weighted by Gasteiger charge is -2.12. The first-order valence-electron chi connectivity index (χ1n) is 5.74. The number of thioether (sulfide) groups is 1. The lowest BCUT2D eigenvalue weighted by molar-refractivity contribution is 0.102. The second-order valence-corrected chi connectivity index (χ2v) is 6.62. The van der Waals surface area contributed by atoms with Crippen molar-refractivity contribution in [2.45, 2.75) is 10.7 Å². The molecule has 0 fully saturated rings. The molecule has 0 saturated carbocycles. The lowest BCUT2D eigenvalue weighted by Crippen LogP contribution is -2.14. The van der Waals surface area contributed by atoms with Crippen molar-refractivity contribution in [1.29, 1.82) is 0 Å². The maximum Gasteiger partial charge on any atom is 0.289 e. The molecule has 0 aliphatic rings. The number of nitrogens with zero attached hydrogens (tertiary/aromatic N) is 1. The fraction of sp³-hybridized carbons (Fsp3) is 0.0769. The van der Waals surface area contributed by atoms with Crippen LogP contribution < -0.4 is 5.32 Å². The van der Waals surface area contributed by atoms with Gasteiger partial charge in [-0.3, -0.25) is 4.79 Å². The van der Waals surface area contributed by atoms with Gasteiger partial charge >= 0.3 is 0 Å². The van der Waals surface area contributed by atoms with E-state index < -0.39 is 11.7 Å². The van der Waals surface area contributed by atoms with E-state index in [0.29, 0.717) is 4.47 Å². The largest absolute Gasteiger partial charge is 0.321 e. The van der Waals surface area contributed by atoms with E-state index in [4.69, 9.17) is 23.2 Å². The van der Waals surface area contributed by atoms with Crippen molar-refractivity contribution in [3.63, 3.8) is 0 Å². The summed E-state index contributed by atoms with van der Waals surface area (Å²) in [4.78, 5) is 16.2. The molecular weight excluding hydrogens is 421 g/mol. The van der Waals surface area contributed by atoms with Gasteiger partial charge in [0.1, 0.15) is 5.15 Å². The van der Waals surface area contributed by atoms with E-state index in [9.17, 15) is 13.6 Å². The maximum absolute atomic E-state index is 12.6. The zero-order valence-electron chi connectivity index (χ0n) is 10.6. The predicted molar refractivity (Wildman–Crippen MR) is 88.2 cm³/mol. The summed E-state index contributed by atoms with van der Waals surface area (Å²) < 4.78 is 25.8. The van der Waals surface area contributed by atoms with Crippen molar-refractivity contribution in [2.75, 3.05) is 5.32 Å². The van der Waals surface area contributed by atoms with Gasteiger partial charge in [-0.1, -0.05) is 41.0 Å². The summed E-state index contributed by atoms with van der Waals surface area (Å²) in [5.74, 6) is -3.23. The van der Waals surface area contributed by atoms with Crippen molar-refractivity contribution in [1.82, 2.24) is 4.98 Å². The van der Waals surface area contributed by atoms with Crippen LogP contribution in [-0.2, 0) is 0 Å². The summed E-state index contributed by atoms with van der Waals surface area (Å²) in [5.41, 5.74) is 0.294. The van der Waals surface area contributed by atoms with Gasteiger partial charge in [0.2, 0.25) is 0 Å². The van der Waals surface area contributed by atoms with Gasteiger partial charge in [-0.25, -0.2) is 4.98 Å². The Bertz CT molecular complexity index is 718. The first-order chi connectivity index (χ1) is 10.4. The fourth-order valence-electron chi connectivity index (χ4n) is 1.59. The van der Waals surface area contributed by atoms with Crippen LogP contribution in [0, 0.1) is 0 Å². The third kappa shape index (κ3) is 4.32. The molecule has 0 atom stereocenters. The minimum absolute atomic E-state index is 0.00536. The van der Waals surface area contributed by atoms with E-state index in [0.717, 1.165) is 0 Å². The molecule has 2 rings (SSSR count). The molecule has 0 radical (unpaired) electrons. The highest BCUT2D eigenvalue weighted by atomic mass is 79.9. The molecule has 22 heavy (non-hydrogen) atoms. The van der Waals surface area contributed by atoms with Crippen LogP contribution in [0.5, 0.6) is 0 Å². The Morgan fingerprint density at radius 3 is 2.77 bits per heavy atom. The summed E-state index contributed by atoms with van der Waals surface area (Å²) in [6.07, 6.45) is 1.44. The van der Waals surface area contributed by atoms with Crippen LogP contribution in [0.3, 0.4) is 0 Å². The quantitative estimate of drug-likeness (QED) is 0.501. The van der Waals surface area contributed by atoms with Crippen molar-refractivity contribution in [2.24, 2.45) is 0 Å². The summed E-state index contributed by atoms with van der Waals surface area (Å²) >= 11 is 15.2. The van der Waals surface area contributed by atoms with Gasteiger partial charge in [-0.2, -0.15) is 8.78 Å². The van der Waals surface area contributed by atoms with Crippen molar-refractivity contribution < 1.29 is 13.6 Å². The number of halogens is 5. The van der Waals surface area contributed by atoms with Gasteiger partial charge in [0.15, 0.2) is 0 Å². The molecule has 0 saturated heterocycles. The first kappa shape index (κ1) is 17.5. The third-order valence-corrected chi connectivity index (χ3v) is 4.49. The van der Waals surface area contributed by atoms with Crippen molar-refractivity contribution in [3.05, 3.63) is 50.7 Å². The minimum Gasteiger partial charge on any atom is -0.321 e. The Morgan fingerprint density at radius 1 is 1.36 bits per heavy atom. The monoisotopic (exact) mass is 426 g/mol. The highest BCUT2D eigenvalue weighted by Crippen LogP contribution is 2.37. The third-order valence-electron chi connectivity index (χ3n) is 2.47. The molecule has 0 spiro atoms. The van der Waals surface area contributed by atoms with E-state index in [1.54, 1.807) is 6.07 Å². The molecule has 0 aliphatic heterocycles. The number of nitrogens with one attached hydrogen (secondary N) is 1. The number of carbonyl (C=O) groups excluding carboxylic acids is 1. The average Bonchev–Trinajstić information content (AvgIpc) is 2.45. The first-order valence-corrected chi connectivity index (χ1v) is 8.17. The number of aromatic nitrogens is 1. The smallest absolute Gasteiger partial charge is 0.289 e. The summed E-state index contributed by atoms with van der Waals surface area (Å²) in [7, 11) is 0.